The van der Waals surface area contributed by atoms with E-state index in [2.05, 4.69) is 4.72 Å². The van der Waals surface area contributed by atoms with Crippen LogP contribution < -0.4 is 10.5 Å². The number of aromatic carboxylic acids is 1. The van der Waals surface area contributed by atoms with E-state index in [0.29, 0.717) is 12.5 Å². The van der Waals surface area contributed by atoms with Gasteiger partial charge in [-0.25, -0.2) is 17.9 Å². The predicted molar refractivity (Wildman–Crippen MR) is 65.7 cm³/mol. The number of sulfonamides is 1. The summed E-state index contributed by atoms with van der Waals surface area (Å²) in [5.41, 5.74) is 5.37. The van der Waals surface area contributed by atoms with Crippen LogP contribution in [0.2, 0.25) is 0 Å². The molecule has 4 N–H and O–H groups in total. The summed E-state index contributed by atoms with van der Waals surface area (Å²) >= 11 is 0. The first-order valence-corrected chi connectivity index (χ1v) is 7.01. The zero-order valence-electron chi connectivity index (χ0n) is 9.59. The Morgan fingerprint density at radius 2 is 2.11 bits per heavy atom. The van der Waals surface area contributed by atoms with E-state index >= 15 is 0 Å². The highest BCUT2D eigenvalue weighted by Gasteiger charge is 2.26. The molecule has 0 saturated heterocycles. The van der Waals surface area contributed by atoms with Crippen molar-refractivity contribution in [1.29, 1.82) is 0 Å². The summed E-state index contributed by atoms with van der Waals surface area (Å²) in [6.07, 6.45) is 2.02. The zero-order chi connectivity index (χ0) is 13.3. The summed E-state index contributed by atoms with van der Waals surface area (Å²) in [6.45, 7) is 0.353. The molecule has 0 aliphatic heterocycles. The highest BCUT2D eigenvalue weighted by Crippen LogP contribution is 2.28. The average Bonchev–Trinajstić information content (AvgIpc) is 3.09. The highest BCUT2D eigenvalue weighted by molar-refractivity contribution is 7.89. The lowest BCUT2D eigenvalue weighted by Crippen LogP contribution is -2.27. The van der Waals surface area contributed by atoms with Crippen molar-refractivity contribution in [3.8, 4) is 0 Å². The molecule has 1 saturated carbocycles. The van der Waals surface area contributed by atoms with Gasteiger partial charge in [-0.15, -0.1) is 0 Å². The molecular formula is C11H14N2O4S. The number of nitrogens with one attached hydrogen (secondary N) is 1. The fraction of sp³-hybridized carbons (Fsp3) is 0.364. The molecule has 98 valence electrons. The third kappa shape index (κ3) is 2.80. The average molecular weight is 270 g/mol. The Hall–Kier alpha value is -1.60. The molecule has 1 aliphatic rings. The molecular weight excluding hydrogens is 256 g/mol. The second-order valence-electron chi connectivity index (χ2n) is 4.36. The van der Waals surface area contributed by atoms with E-state index in [1.807, 2.05) is 0 Å². The van der Waals surface area contributed by atoms with Crippen molar-refractivity contribution >= 4 is 21.7 Å². The molecule has 7 heteroatoms. The number of benzene rings is 1. The summed E-state index contributed by atoms with van der Waals surface area (Å²) in [5, 5.41) is 9.00. The van der Waals surface area contributed by atoms with Gasteiger partial charge in [-0.05, 0) is 37.0 Å². The summed E-state index contributed by atoms with van der Waals surface area (Å²) in [5.74, 6) is -0.934. The van der Waals surface area contributed by atoms with Gasteiger partial charge >= 0.3 is 5.97 Å². The molecule has 0 amide bonds. The van der Waals surface area contributed by atoms with E-state index in [0.717, 1.165) is 18.9 Å². The highest BCUT2D eigenvalue weighted by atomic mass is 32.2. The first kappa shape index (κ1) is 12.8. The minimum absolute atomic E-state index is 0.216. The Kier molecular flexibility index (Phi) is 3.27. The van der Waals surface area contributed by atoms with Gasteiger partial charge in [-0.2, -0.15) is 0 Å². The van der Waals surface area contributed by atoms with Crippen LogP contribution in [0.25, 0.3) is 0 Å². The standard InChI is InChI=1S/C11H14N2O4S/c12-8-3-4-10(9(5-8)11(14)15)18(16,17)13-6-7-1-2-7/h3-5,7,13H,1-2,6,12H2,(H,14,15). The minimum Gasteiger partial charge on any atom is -0.478 e. The molecule has 1 aromatic rings. The summed E-state index contributed by atoms with van der Waals surface area (Å²) in [7, 11) is -3.79. The number of carbonyl (C=O) groups is 1. The largest absolute Gasteiger partial charge is 0.478 e. The monoisotopic (exact) mass is 270 g/mol. The third-order valence-electron chi connectivity index (χ3n) is 2.78. The van der Waals surface area contributed by atoms with Gasteiger partial charge in [0.1, 0.15) is 0 Å². The second kappa shape index (κ2) is 4.58. The molecule has 2 rings (SSSR count). The molecule has 0 aromatic heterocycles. The topological polar surface area (TPSA) is 109 Å². The SMILES string of the molecule is Nc1ccc(S(=O)(=O)NCC2CC2)c(C(=O)O)c1. The van der Waals surface area contributed by atoms with Crippen LogP contribution in [0.4, 0.5) is 5.69 Å². The lowest BCUT2D eigenvalue weighted by molar-refractivity contribution is 0.0692. The van der Waals surface area contributed by atoms with Gasteiger partial charge in [0.25, 0.3) is 0 Å². The Balaban J connectivity index is 2.32. The van der Waals surface area contributed by atoms with E-state index in [1.165, 1.54) is 12.1 Å². The maximum atomic E-state index is 12.0. The fourth-order valence-corrected chi connectivity index (χ4v) is 2.87. The molecule has 1 aliphatic carbocycles. The van der Waals surface area contributed by atoms with Gasteiger partial charge < -0.3 is 10.8 Å². The van der Waals surface area contributed by atoms with Gasteiger partial charge in [0.05, 0.1) is 10.5 Å². The van der Waals surface area contributed by atoms with Gasteiger partial charge in [0.2, 0.25) is 10.0 Å². The van der Waals surface area contributed by atoms with Crippen molar-refractivity contribution < 1.29 is 18.3 Å². The van der Waals surface area contributed by atoms with Crippen LogP contribution in [0.3, 0.4) is 0 Å². The fourth-order valence-electron chi connectivity index (χ4n) is 1.58. The molecule has 0 bridgehead atoms. The van der Waals surface area contributed by atoms with Gasteiger partial charge in [0.15, 0.2) is 0 Å². The first-order valence-electron chi connectivity index (χ1n) is 5.52. The number of nitrogen functional groups attached to an aromatic ring is 1. The Labute approximate surface area is 105 Å². The van der Waals surface area contributed by atoms with Crippen molar-refractivity contribution in [3.05, 3.63) is 23.8 Å². The number of anilines is 1. The van der Waals surface area contributed by atoms with Gasteiger partial charge in [0, 0.05) is 12.2 Å². The van der Waals surface area contributed by atoms with Crippen LogP contribution in [0.5, 0.6) is 0 Å². The number of carboxylic acids is 1. The number of hydrogen-bond donors (Lipinski definition) is 3. The molecule has 6 nitrogen and oxygen atoms in total. The molecule has 18 heavy (non-hydrogen) atoms. The molecule has 1 fully saturated rings. The quantitative estimate of drug-likeness (QED) is 0.681. The van der Waals surface area contributed by atoms with Crippen LogP contribution in [0.1, 0.15) is 23.2 Å². The van der Waals surface area contributed by atoms with Crippen LogP contribution in [0.15, 0.2) is 23.1 Å². The van der Waals surface area contributed by atoms with E-state index in [1.54, 1.807) is 0 Å². The Morgan fingerprint density at radius 3 is 2.67 bits per heavy atom. The Morgan fingerprint density at radius 1 is 1.44 bits per heavy atom. The van der Waals surface area contributed by atoms with Crippen molar-refractivity contribution in [1.82, 2.24) is 4.72 Å². The van der Waals surface area contributed by atoms with E-state index < -0.39 is 16.0 Å². The lowest BCUT2D eigenvalue weighted by Gasteiger charge is -2.09. The van der Waals surface area contributed by atoms with Crippen molar-refractivity contribution in [2.24, 2.45) is 5.92 Å². The van der Waals surface area contributed by atoms with Crippen LogP contribution in [-0.2, 0) is 10.0 Å². The van der Waals surface area contributed by atoms with Gasteiger partial charge in [-0.1, -0.05) is 0 Å². The number of carboxylic acid groups (broad SMARTS) is 1. The summed E-state index contributed by atoms with van der Waals surface area (Å²) in [6, 6.07) is 3.74. The molecule has 0 heterocycles. The van der Waals surface area contributed by atoms with E-state index in [9.17, 15) is 13.2 Å². The number of nitrogens with two attached hydrogens (primary N) is 1. The molecule has 1 aromatic carbocycles. The molecule has 0 atom stereocenters. The predicted octanol–water partition coefficient (Wildman–Crippen LogP) is 0.655. The lowest BCUT2D eigenvalue weighted by atomic mass is 10.2. The van der Waals surface area contributed by atoms with Crippen LogP contribution in [0, 0.1) is 5.92 Å². The second-order valence-corrected chi connectivity index (χ2v) is 6.09. The maximum Gasteiger partial charge on any atom is 0.337 e. The van der Waals surface area contributed by atoms with E-state index in [4.69, 9.17) is 10.8 Å². The van der Waals surface area contributed by atoms with Crippen LogP contribution >= 0.6 is 0 Å². The number of hydrogen-bond acceptors (Lipinski definition) is 4. The zero-order valence-corrected chi connectivity index (χ0v) is 10.4. The maximum absolute atomic E-state index is 12.0. The Bertz CT molecular complexity index is 579. The normalized spacial score (nSPS) is 15.6. The minimum atomic E-state index is -3.79. The van der Waals surface area contributed by atoms with Crippen molar-refractivity contribution in [2.45, 2.75) is 17.7 Å². The van der Waals surface area contributed by atoms with Crippen molar-refractivity contribution in [2.75, 3.05) is 12.3 Å². The molecule has 0 spiro atoms. The first-order chi connectivity index (χ1) is 8.40. The van der Waals surface area contributed by atoms with Crippen molar-refractivity contribution in [3.63, 3.8) is 0 Å². The van der Waals surface area contributed by atoms with E-state index in [-0.39, 0.29) is 16.1 Å². The van der Waals surface area contributed by atoms with Gasteiger partial charge in [-0.3, -0.25) is 0 Å². The smallest absolute Gasteiger partial charge is 0.337 e. The third-order valence-corrected chi connectivity index (χ3v) is 4.26. The molecule has 0 radical (unpaired) electrons. The summed E-state index contributed by atoms with van der Waals surface area (Å²) < 4.78 is 26.4. The number of rotatable bonds is 5. The molecule has 0 unspecified atom stereocenters. The summed E-state index contributed by atoms with van der Waals surface area (Å²) in [4.78, 5) is 10.8. The van der Waals surface area contributed by atoms with Crippen LogP contribution in [-0.4, -0.2) is 26.0 Å².